The smallest absolute Gasteiger partial charge is 0.143 e. The highest BCUT2D eigenvalue weighted by atomic mass is 16.3. The predicted octanol–water partition coefficient (Wildman–Crippen LogP) is 9.69. The fourth-order valence-corrected chi connectivity index (χ4v) is 5.05. The third-order valence-electron chi connectivity index (χ3n) is 6.71. The summed E-state index contributed by atoms with van der Waals surface area (Å²) in [6.45, 7) is 5.60. The summed E-state index contributed by atoms with van der Waals surface area (Å²) in [4.78, 5) is 3.95. The number of hydrogen-bond acceptors (Lipinski definition) is 2. The van der Waals surface area contributed by atoms with Crippen LogP contribution in [0.2, 0.25) is 0 Å². The van der Waals surface area contributed by atoms with E-state index in [9.17, 15) is 0 Å². The van der Waals surface area contributed by atoms with E-state index < -0.39 is 0 Å². The summed E-state index contributed by atoms with van der Waals surface area (Å²) in [7, 11) is 0. The van der Waals surface area contributed by atoms with Gasteiger partial charge in [-0.2, -0.15) is 0 Å². The lowest BCUT2D eigenvalue weighted by Gasteiger charge is -2.07. The first-order chi connectivity index (χ1) is 17.8. The minimum atomic E-state index is 0.907. The van der Waals surface area contributed by atoms with Crippen LogP contribution in [0.3, 0.4) is 0 Å². The van der Waals surface area contributed by atoms with Crippen molar-refractivity contribution in [2.75, 3.05) is 0 Å². The molecule has 0 aliphatic heterocycles. The van der Waals surface area contributed by atoms with E-state index in [2.05, 4.69) is 115 Å². The van der Waals surface area contributed by atoms with Gasteiger partial charge in [-0.05, 0) is 46.7 Å². The fraction of sp³-hybridized carbons (Fsp3) is 0.0294. The predicted molar refractivity (Wildman–Crippen MR) is 154 cm³/mol. The minimum Gasteiger partial charge on any atom is -0.455 e. The largest absolute Gasteiger partial charge is 0.455 e. The van der Waals surface area contributed by atoms with Crippen molar-refractivity contribution in [3.63, 3.8) is 0 Å². The monoisotopic (exact) mass is 463 g/mol. The van der Waals surface area contributed by atoms with Crippen molar-refractivity contribution >= 4 is 45.0 Å². The maximum Gasteiger partial charge on any atom is 0.143 e. The second-order valence-corrected chi connectivity index (χ2v) is 8.84. The number of nitrogens with zero attached hydrogens (tertiary/aromatic N) is 1. The molecule has 6 rings (SSSR count). The number of fused-ring (bicyclic) bond motifs is 4. The van der Waals surface area contributed by atoms with Crippen LogP contribution in [0, 0.1) is 0 Å². The minimum absolute atomic E-state index is 0.907. The average molecular weight is 464 g/mol. The zero-order valence-electron chi connectivity index (χ0n) is 20.1. The Morgan fingerprint density at radius 3 is 2.03 bits per heavy atom. The fourth-order valence-electron chi connectivity index (χ4n) is 5.05. The van der Waals surface area contributed by atoms with E-state index in [-0.39, 0.29) is 0 Å². The van der Waals surface area contributed by atoms with Crippen molar-refractivity contribution in [3.05, 3.63) is 127 Å². The molecule has 0 radical (unpaired) electrons. The molecule has 0 aliphatic rings. The van der Waals surface area contributed by atoms with Gasteiger partial charge in [-0.1, -0.05) is 115 Å². The molecule has 6 aromatic rings. The van der Waals surface area contributed by atoms with E-state index in [4.69, 9.17) is 4.42 Å². The lowest BCUT2D eigenvalue weighted by Crippen LogP contribution is -1.83. The molecule has 0 fully saturated rings. The van der Waals surface area contributed by atoms with Crippen LogP contribution in [0.5, 0.6) is 0 Å². The van der Waals surface area contributed by atoms with Crippen LogP contribution in [0.25, 0.3) is 60.5 Å². The van der Waals surface area contributed by atoms with Gasteiger partial charge in [-0.15, -0.1) is 0 Å². The van der Waals surface area contributed by atoms with Gasteiger partial charge in [0.2, 0.25) is 0 Å². The first-order valence-electron chi connectivity index (χ1n) is 12.1. The molecule has 2 heteroatoms. The van der Waals surface area contributed by atoms with Crippen molar-refractivity contribution in [1.82, 2.24) is 0 Å². The molecule has 5 aromatic carbocycles. The molecule has 0 aliphatic carbocycles. The lowest BCUT2D eigenvalue weighted by molar-refractivity contribution is 0.671. The lowest BCUT2D eigenvalue weighted by atomic mass is 9.96. The zero-order chi connectivity index (χ0) is 24.5. The quantitative estimate of drug-likeness (QED) is 0.184. The van der Waals surface area contributed by atoms with Crippen molar-refractivity contribution in [2.45, 2.75) is 6.92 Å². The van der Waals surface area contributed by atoms with Gasteiger partial charge in [0.25, 0.3) is 0 Å². The Hall–Kier alpha value is -4.69. The summed E-state index contributed by atoms with van der Waals surface area (Å²) in [6, 6.07) is 36.3. The molecule has 0 bridgehead atoms. The van der Waals surface area contributed by atoms with Crippen LogP contribution in [0.15, 0.2) is 131 Å². The van der Waals surface area contributed by atoms with E-state index >= 15 is 0 Å². The van der Waals surface area contributed by atoms with E-state index in [0.717, 1.165) is 49.8 Å². The highest BCUT2D eigenvalue weighted by Gasteiger charge is 2.16. The number of para-hydroxylation sites is 2. The Labute approximate surface area is 210 Å². The molecule has 172 valence electrons. The molecule has 1 aromatic heterocycles. The normalized spacial score (nSPS) is 12.2. The van der Waals surface area contributed by atoms with Gasteiger partial charge in [0, 0.05) is 28.1 Å². The second-order valence-electron chi connectivity index (χ2n) is 8.84. The Kier molecular flexibility index (Phi) is 5.55. The van der Waals surface area contributed by atoms with Gasteiger partial charge in [-0.25, -0.2) is 0 Å². The van der Waals surface area contributed by atoms with E-state index in [1.54, 1.807) is 6.20 Å². The second kappa shape index (κ2) is 9.16. The first-order valence-corrected chi connectivity index (χ1v) is 12.1. The standard InChI is InChI=1S/C34H25NO/c1-3-9-26(22-35-2)23-18-20-25(21-19-23)28-13-7-16-31-32-17-8-15-30(34(32)36-33(28)31)29-14-6-11-24-10-4-5-12-27(24)29/h3-22H,2H2,1H3/b9-3-,26-22+. The van der Waals surface area contributed by atoms with E-state index in [1.165, 1.54) is 16.3 Å². The molecular weight excluding hydrogens is 438 g/mol. The maximum atomic E-state index is 6.68. The molecule has 0 amide bonds. The zero-order valence-corrected chi connectivity index (χ0v) is 20.1. The molecular formula is C34H25NO. The van der Waals surface area contributed by atoms with Crippen molar-refractivity contribution in [1.29, 1.82) is 0 Å². The molecule has 1 heterocycles. The Balaban J connectivity index is 1.53. The van der Waals surface area contributed by atoms with Gasteiger partial charge in [0.05, 0.1) is 0 Å². The molecule has 0 saturated heterocycles. The van der Waals surface area contributed by atoms with Crippen LogP contribution in [-0.4, -0.2) is 6.72 Å². The van der Waals surface area contributed by atoms with Crippen LogP contribution in [0.1, 0.15) is 12.5 Å². The van der Waals surface area contributed by atoms with Crippen molar-refractivity contribution in [3.8, 4) is 22.3 Å². The molecule has 0 unspecified atom stereocenters. The number of hydrogen-bond donors (Lipinski definition) is 0. The topological polar surface area (TPSA) is 25.5 Å². The summed E-state index contributed by atoms with van der Waals surface area (Å²) in [5.74, 6) is 0. The van der Waals surface area contributed by atoms with Crippen LogP contribution in [0.4, 0.5) is 0 Å². The van der Waals surface area contributed by atoms with Gasteiger partial charge in [0.15, 0.2) is 0 Å². The first kappa shape index (κ1) is 21.8. The van der Waals surface area contributed by atoms with Gasteiger partial charge in [-0.3, -0.25) is 4.99 Å². The Morgan fingerprint density at radius 1 is 0.667 bits per heavy atom. The van der Waals surface area contributed by atoms with Crippen molar-refractivity contribution < 1.29 is 4.42 Å². The molecule has 2 nitrogen and oxygen atoms in total. The van der Waals surface area contributed by atoms with Gasteiger partial charge < -0.3 is 4.42 Å². The average Bonchev–Trinajstić information content (AvgIpc) is 3.32. The number of furan rings is 1. The summed E-state index contributed by atoms with van der Waals surface area (Å²) in [6.07, 6.45) is 5.83. The third-order valence-corrected chi connectivity index (χ3v) is 6.71. The maximum absolute atomic E-state index is 6.68. The Morgan fingerprint density at radius 2 is 1.28 bits per heavy atom. The Bertz CT molecular complexity index is 1790. The van der Waals surface area contributed by atoms with Crippen LogP contribution >= 0.6 is 0 Å². The van der Waals surface area contributed by atoms with Crippen LogP contribution < -0.4 is 0 Å². The third kappa shape index (κ3) is 3.64. The number of aliphatic imine (C=N–C) groups is 1. The van der Waals surface area contributed by atoms with E-state index in [0.29, 0.717) is 0 Å². The van der Waals surface area contributed by atoms with Crippen LogP contribution in [-0.2, 0) is 0 Å². The number of benzene rings is 5. The molecule has 0 N–H and O–H groups in total. The van der Waals surface area contributed by atoms with Crippen molar-refractivity contribution in [2.24, 2.45) is 4.99 Å². The summed E-state index contributed by atoms with van der Waals surface area (Å²) < 4.78 is 6.68. The summed E-state index contributed by atoms with van der Waals surface area (Å²) in [5.41, 5.74) is 8.44. The number of allylic oxidation sites excluding steroid dienone is 3. The highest BCUT2D eigenvalue weighted by Crippen LogP contribution is 2.41. The van der Waals surface area contributed by atoms with Gasteiger partial charge in [0.1, 0.15) is 11.2 Å². The highest BCUT2D eigenvalue weighted by molar-refractivity contribution is 6.14. The summed E-state index contributed by atoms with van der Waals surface area (Å²) >= 11 is 0. The van der Waals surface area contributed by atoms with E-state index in [1.807, 2.05) is 19.1 Å². The number of rotatable bonds is 5. The molecule has 36 heavy (non-hydrogen) atoms. The SMILES string of the molecule is C=N/C=C(\C=C/C)c1ccc(-c2cccc3c2oc2c(-c4cccc5ccccc45)cccc23)cc1. The molecule has 0 atom stereocenters. The molecule has 0 spiro atoms. The van der Waals surface area contributed by atoms with Gasteiger partial charge >= 0.3 is 0 Å². The molecule has 0 saturated carbocycles. The summed E-state index contributed by atoms with van der Waals surface area (Å²) in [5, 5.41) is 4.70.